The van der Waals surface area contributed by atoms with Crippen molar-refractivity contribution in [2.24, 2.45) is 0 Å². The molecule has 1 fully saturated rings. The number of halogens is 2. The number of fused-ring (bicyclic) bond motifs is 1. The number of unbranched alkanes of at least 4 members (excludes halogenated alkanes) is 24. The van der Waals surface area contributed by atoms with Gasteiger partial charge in [0.25, 0.3) is 7.82 Å². The quantitative estimate of drug-likeness (QED) is 0.0219. The van der Waals surface area contributed by atoms with Crippen LogP contribution >= 0.6 is 19.4 Å². The number of hydrogen-bond acceptors (Lipinski definition) is 14. The van der Waals surface area contributed by atoms with Crippen molar-refractivity contribution in [2.45, 2.75) is 224 Å². The molecule has 3 N–H and O–H groups in total. The first-order chi connectivity index (χ1) is 30.5. The Morgan fingerprint density at radius 3 is 1.66 bits per heavy atom. The molecule has 2 aromatic rings. The average molecular weight is 957 g/mol. The number of aliphatic hydroxyl groups is 1. The summed E-state index contributed by atoms with van der Waals surface area (Å²) in [5, 5.41) is 10.4. The van der Waals surface area contributed by atoms with Crippen molar-refractivity contribution in [2.75, 3.05) is 25.6 Å². The molecule has 2 aromatic heterocycles. The van der Waals surface area contributed by atoms with E-state index in [1.54, 1.807) is 0 Å². The number of imidazole rings is 1. The molecule has 19 heteroatoms. The molecule has 5 atom stereocenters. The van der Waals surface area contributed by atoms with Gasteiger partial charge < -0.3 is 39.0 Å². The average Bonchev–Trinajstić information content (AvgIpc) is 3.80. The first-order valence-corrected chi connectivity index (χ1v) is 25.9. The van der Waals surface area contributed by atoms with Crippen molar-refractivity contribution >= 4 is 48.3 Å². The van der Waals surface area contributed by atoms with Gasteiger partial charge in [0.1, 0.15) is 37.0 Å². The molecule has 0 aliphatic carbocycles. The van der Waals surface area contributed by atoms with Crippen LogP contribution in [-0.4, -0.2) is 80.9 Å². The van der Waals surface area contributed by atoms with Gasteiger partial charge >= 0.3 is 41.5 Å². The van der Waals surface area contributed by atoms with Crippen molar-refractivity contribution in [1.29, 1.82) is 0 Å². The molecule has 64 heavy (non-hydrogen) atoms. The number of phosphoric ester groups is 1. The molecule has 1 unspecified atom stereocenters. The van der Waals surface area contributed by atoms with Gasteiger partial charge in [-0.05, 0) is 24.4 Å². The molecule has 0 aromatic carbocycles. The first-order valence-electron chi connectivity index (χ1n) is 24.0. The maximum atomic E-state index is 15.3. The number of nitrogen functional groups attached to an aromatic ring is 1. The fourth-order valence-electron chi connectivity index (χ4n) is 7.74. The Balaban J connectivity index is 0.0000141. The van der Waals surface area contributed by atoms with E-state index in [1.165, 1.54) is 122 Å². The van der Waals surface area contributed by atoms with Crippen LogP contribution in [0.15, 0.2) is 6.33 Å². The van der Waals surface area contributed by atoms with Crippen LogP contribution in [0.5, 0.6) is 0 Å². The Morgan fingerprint density at radius 2 is 1.22 bits per heavy atom. The van der Waals surface area contributed by atoms with Gasteiger partial charge in [0.05, 0.1) is 12.9 Å². The Hall–Kier alpha value is -1.46. The number of hydrogen-bond donors (Lipinski definition) is 2. The van der Waals surface area contributed by atoms with E-state index in [0.717, 1.165) is 43.1 Å². The van der Waals surface area contributed by atoms with Gasteiger partial charge in [-0.3, -0.25) is 18.7 Å². The number of nitrogens with zero attached hydrogens (tertiary/aromatic N) is 4. The molecular weight excluding hydrogens is 879 g/mol. The summed E-state index contributed by atoms with van der Waals surface area (Å²) in [5.41, 5.74) is 6.02. The van der Waals surface area contributed by atoms with Crippen LogP contribution < -0.4 is 40.2 Å². The summed E-state index contributed by atoms with van der Waals surface area (Å²) in [4.78, 5) is 50.3. The molecule has 3 heterocycles. The molecule has 1 aliphatic heterocycles. The van der Waals surface area contributed by atoms with Gasteiger partial charge in [0, 0.05) is 12.8 Å². The van der Waals surface area contributed by atoms with Crippen LogP contribution in [-0.2, 0) is 37.4 Å². The van der Waals surface area contributed by atoms with Crippen LogP contribution in [0.1, 0.15) is 200 Å². The van der Waals surface area contributed by atoms with Gasteiger partial charge in [-0.25, -0.2) is 9.37 Å². The van der Waals surface area contributed by atoms with Crippen LogP contribution in [0.4, 0.5) is 10.2 Å². The maximum Gasteiger partial charge on any atom is 1.00 e. The Morgan fingerprint density at radius 1 is 0.797 bits per heavy atom. The fraction of sp³-hybridized carbons (Fsp3) is 0.844. The van der Waals surface area contributed by atoms with Crippen LogP contribution in [0.3, 0.4) is 0 Å². The van der Waals surface area contributed by atoms with Gasteiger partial charge in [0.2, 0.25) is 5.28 Å². The largest absolute Gasteiger partial charge is 1.00 e. The molecular formula is C45H77ClFN5NaO10P. The van der Waals surface area contributed by atoms with Gasteiger partial charge in [-0.15, -0.1) is 0 Å². The number of alkyl halides is 1. The smallest absolute Gasteiger partial charge is 0.756 e. The van der Waals surface area contributed by atoms with Gasteiger partial charge in [-0.1, -0.05) is 168 Å². The minimum Gasteiger partial charge on any atom is -0.756 e. The molecule has 0 amide bonds. The van der Waals surface area contributed by atoms with Crippen LogP contribution in [0.2, 0.25) is 5.28 Å². The number of phosphoric acid groups is 1. The van der Waals surface area contributed by atoms with E-state index in [9.17, 15) is 24.2 Å². The summed E-state index contributed by atoms with van der Waals surface area (Å²) >= 11 is 5.93. The molecule has 1 saturated heterocycles. The number of aromatic nitrogens is 4. The van der Waals surface area contributed by atoms with Crippen molar-refractivity contribution < 1.29 is 81.4 Å². The predicted molar refractivity (Wildman–Crippen MR) is 241 cm³/mol. The van der Waals surface area contributed by atoms with E-state index in [1.807, 2.05) is 0 Å². The second kappa shape index (κ2) is 34.8. The number of anilines is 1. The topological polar surface area (TPSA) is 210 Å². The molecule has 1 aliphatic rings. The zero-order chi connectivity index (χ0) is 45.7. The second-order valence-corrected chi connectivity index (χ2v) is 18.7. The third-order valence-electron chi connectivity index (χ3n) is 11.5. The summed E-state index contributed by atoms with van der Waals surface area (Å²) in [6.45, 7) is 2.60. The molecule has 3 rings (SSSR count). The van der Waals surface area contributed by atoms with Crippen molar-refractivity contribution in [1.82, 2.24) is 19.5 Å². The predicted octanol–water partition coefficient (Wildman–Crippen LogP) is 7.58. The molecule has 15 nitrogen and oxygen atoms in total. The second-order valence-electron chi connectivity index (χ2n) is 17.0. The van der Waals surface area contributed by atoms with E-state index in [2.05, 4.69) is 28.8 Å². The number of carbonyl (C=O) groups excluding carboxylic acids is 2. The zero-order valence-corrected chi connectivity index (χ0v) is 42.7. The van der Waals surface area contributed by atoms with E-state index < -0.39 is 70.3 Å². The van der Waals surface area contributed by atoms with Gasteiger partial charge in [-0.2, -0.15) is 9.97 Å². The van der Waals surface area contributed by atoms with Crippen molar-refractivity contribution in [3.8, 4) is 0 Å². The van der Waals surface area contributed by atoms with E-state index >= 15 is 4.39 Å². The van der Waals surface area contributed by atoms with Crippen molar-refractivity contribution in [3.63, 3.8) is 0 Å². The summed E-state index contributed by atoms with van der Waals surface area (Å²) in [5.74, 6) is -1.11. The van der Waals surface area contributed by atoms with E-state index in [-0.39, 0.29) is 64.7 Å². The molecule has 0 radical (unpaired) electrons. The zero-order valence-electron chi connectivity index (χ0n) is 39.1. The van der Waals surface area contributed by atoms with Crippen LogP contribution in [0, 0.1) is 0 Å². The van der Waals surface area contributed by atoms with Crippen molar-refractivity contribution in [3.05, 3.63) is 11.6 Å². The number of nitrogens with two attached hydrogens (primary N) is 1. The number of ether oxygens (including phenoxy) is 3. The van der Waals surface area contributed by atoms with E-state index in [0.29, 0.717) is 12.8 Å². The Labute approximate surface area is 408 Å². The summed E-state index contributed by atoms with van der Waals surface area (Å²) in [6, 6.07) is 0. The summed E-state index contributed by atoms with van der Waals surface area (Å²) < 4.78 is 56.2. The summed E-state index contributed by atoms with van der Waals surface area (Å²) in [6.07, 6.45) is 23.5. The third kappa shape index (κ3) is 24.0. The number of esters is 2. The SMILES string of the molecule is CCCCCCCCCCCCCCCC(=O)OCC(COC(=O)CCCCCCCCCCCCCCC)OP(=O)([O-])OC[C@H]1O[C@@H](n2cnc3c(N)nc(Cl)nc32)[C@@H](F)[C@@H]1O.[Na+]. The normalized spacial score (nSPS) is 18.4. The molecule has 0 saturated carbocycles. The molecule has 362 valence electrons. The monoisotopic (exact) mass is 955 g/mol. The number of carbonyl (C=O) groups is 2. The Kier molecular flexibility index (Phi) is 31.9. The molecule has 0 bridgehead atoms. The number of rotatable bonds is 38. The first kappa shape index (κ1) is 58.7. The standard InChI is InChI=1S/C45H78ClFN5O10P.Na/c1-3-5-7-9-11-13-15-17-19-21-23-25-27-29-37(53)58-31-35(32-59-38(54)30-28-26-24-22-20-18-16-14-12-10-8-6-4-2)62-63(56,57)60-33-36-41(55)39(47)44(61-36)52-34-49-40-42(48)50-45(46)51-43(40)52;/h34-36,39,41,44,55H,3-33H2,1-2H3,(H,56,57)(H2,48,50,51);/q;+1/p-1/t36-,39+,41-,44-;/m1./s1. The van der Waals surface area contributed by atoms with Crippen LogP contribution in [0.25, 0.3) is 11.2 Å². The van der Waals surface area contributed by atoms with Gasteiger partial charge in [0.15, 0.2) is 23.9 Å². The minimum atomic E-state index is -5.22. The summed E-state index contributed by atoms with van der Waals surface area (Å²) in [7, 11) is -5.22. The minimum absolute atomic E-state index is 0. The third-order valence-corrected chi connectivity index (χ3v) is 12.7. The Bertz CT molecular complexity index is 1570. The fourth-order valence-corrected chi connectivity index (χ4v) is 8.79. The number of aliphatic hydroxyl groups excluding tert-OH is 1. The van der Waals surface area contributed by atoms with E-state index in [4.69, 9.17) is 40.6 Å². The molecule has 0 spiro atoms. The maximum absolute atomic E-state index is 15.3.